The number of ether oxygens (including phenoxy) is 1. The summed E-state index contributed by atoms with van der Waals surface area (Å²) in [6.07, 6.45) is 74.0. The second kappa shape index (κ2) is 49.5. The number of hydrogen-bond donors (Lipinski definition) is 1. The molecule has 348 valence electrons. The van der Waals surface area contributed by atoms with Gasteiger partial charge in [0.15, 0.2) is 0 Å². The zero-order valence-corrected chi connectivity index (χ0v) is 40.6. The molecule has 0 aromatic rings. The number of rotatable bonds is 47. The third-order valence-corrected chi connectivity index (χ3v) is 12.1. The van der Waals surface area contributed by atoms with Gasteiger partial charge in [-0.1, -0.05) is 222 Å². The summed E-state index contributed by atoms with van der Waals surface area (Å²) in [5, 5.41) is 0. The van der Waals surface area contributed by atoms with Crippen LogP contribution in [0.2, 0.25) is 0 Å². The fourth-order valence-corrected chi connectivity index (χ4v) is 7.93. The maximum absolute atomic E-state index is 13.7. The van der Waals surface area contributed by atoms with Crippen LogP contribution in [0.5, 0.6) is 0 Å². The highest BCUT2D eigenvalue weighted by molar-refractivity contribution is 5.77. The molecular formula is C57H103NO2. The third-order valence-electron chi connectivity index (χ3n) is 12.1. The van der Waals surface area contributed by atoms with E-state index >= 15 is 0 Å². The summed E-state index contributed by atoms with van der Waals surface area (Å²) >= 11 is 0. The van der Waals surface area contributed by atoms with Crippen LogP contribution in [0.1, 0.15) is 265 Å². The summed E-state index contributed by atoms with van der Waals surface area (Å²) < 4.78 is 6.02. The van der Waals surface area contributed by atoms with Gasteiger partial charge in [-0.2, -0.15) is 0 Å². The molecule has 0 aromatic heterocycles. The molecule has 0 saturated carbocycles. The molecule has 1 atom stereocenters. The Labute approximate surface area is 376 Å². The van der Waals surface area contributed by atoms with Crippen LogP contribution >= 0.6 is 0 Å². The second-order valence-electron chi connectivity index (χ2n) is 17.9. The molecule has 0 spiro atoms. The van der Waals surface area contributed by atoms with E-state index in [2.05, 4.69) is 93.7 Å². The number of hydrogen-bond acceptors (Lipinski definition) is 3. The molecule has 3 nitrogen and oxygen atoms in total. The van der Waals surface area contributed by atoms with Crippen molar-refractivity contribution in [1.29, 1.82) is 0 Å². The normalized spacial score (nSPS) is 13.5. The van der Waals surface area contributed by atoms with Crippen molar-refractivity contribution in [2.24, 2.45) is 11.1 Å². The summed E-state index contributed by atoms with van der Waals surface area (Å²) in [5.41, 5.74) is 5.97. The van der Waals surface area contributed by atoms with E-state index in [0.717, 1.165) is 57.8 Å². The lowest BCUT2D eigenvalue weighted by Gasteiger charge is -2.30. The summed E-state index contributed by atoms with van der Waals surface area (Å²) in [6.45, 7) is 7.74. The molecule has 0 amide bonds. The molecule has 0 fully saturated rings. The lowest BCUT2D eigenvalue weighted by atomic mass is 9.77. The standard InChI is InChI=1S/C57H103NO2/c1-4-7-10-13-16-19-22-25-28-31-34-37-40-43-46-49-52-57(55-58,53-50-47-44-41-38-35-32-29-26-23-20-17-14-11-8-5-2)56(59)60-54-51-48-45-42-39-36-33-30-27-24-21-18-15-12-9-6-3/h16-21,25-30H,4-15,22-24,31-55,58H2,1-3H3/b19-16-,20-17?,21-18-,28-25-,29-26?,30-27-. The van der Waals surface area contributed by atoms with Crippen molar-refractivity contribution >= 4 is 5.97 Å². The van der Waals surface area contributed by atoms with Crippen LogP contribution in [0.15, 0.2) is 72.9 Å². The zero-order valence-electron chi connectivity index (χ0n) is 40.6. The van der Waals surface area contributed by atoms with Crippen molar-refractivity contribution in [2.45, 2.75) is 265 Å². The maximum Gasteiger partial charge on any atom is 0.313 e. The highest BCUT2D eigenvalue weighted by atomic mass is 16.5. The van der Waals surface area contributed by atoms with Gasteiger partial charge in [-0.15, -0.1) is 0 Å². The van der Waals surface area contributed by atoms with Crippen molar-refractivity contribution in [3.05, 3.63) is 72.9 Å². The zero-order chi connectivity index (χ0) is 43.6. The van der Waals surface area contributed by atoms with E-state index in [1.165, 1.54) is 186 Å². The van der Waals surface area contributed by atoms with E-state index in [4.69, 9.17) is 10.5 Å². The monoisotopic (exact) mass is 834 g/mol. The molecule has 0 aromatic carbocycles. The Bertz CT molecular complexity index is 1000. The quantitative estimate of drug-likeness (QED) is 0.0377. The first kappa shape index (κ1) is 57.9. The number of allylic oxidation sites excluding steroid dienone is 12. The first-order valence-electron chi connectivity index (χ1n) is 26.4. The van der Waals surface area contributed by atoms with Crippen LogP contribution in [-0.2, 0) is 9.53 Å². The van der Waals surface area contributed by atoms with E-state index < -0.39 is 5.41 Å². The minimum Gasteiger partial charge on any atom is -0.465 e. The minimum absolute atomic E-state index is 0.0159. The van der Waals surface area contributed by atoms with Gasteiger partial charge in [-0.25, -0.2) is 0 Å². The molecule has 3 heteroatoms. The van der Waals surface area contributed by atoms with Gasteiger partial charge in [0, 0.05) is 6.54 Å². The molecule has 0 heterocycles. The largest absolute Gasteiger partial charge is 0.465 e. The van der Waals surface area contributed by atoms with Gasteiger partial charge in [0.2, 0.25) is 0 Å². The van der Waals surface area contributed by atoms with Gasteiger partial charge in [-0.3, -0.25) is 4.79 Å². The van der Waals surface area contributed by atoms with Gasteiger partial charge in [0.05, 0.1) is 12.0 Å². The lowest BCUT2D eigenvalue weighted by molar-refractivity contribution is -0.156. The fraction of sp³-hybridized carbons (Fsp3) is 0.772. The molecule has 0 bridgehead atoms. The number of unbranched alkanes of at least 4 members (excludes halogenated alkanes) is 27. The molecule has 0 saturated heterocycles. The Hall–Kier alpha value is -2.13. The van der Waals surface area contributed by atoms with Crippen LogP contribution in [-0.4, -0.2) is 19.1 Å². The molecule has 2 N–H and O–H groups in total. The van der Waals surface area contributed by atoms with Gasteiger partial charge >= 0.3 is 5.97 Å². The predicted molar refractivity (Wildman–Crippen MR) is 270 cm³/mol. The van der Waals surface area contributed by atoms with Gasteiger partial charge in [0.1, 0.15) is 0 Å². The molecule has 0 aliphatic carbocycles. The topological polar surface area (TPSA) is 52.3 Å². The van der Waals surface area contributed by atoms with Gasteiger partial charge in [0.25, 0.3) is 0 Å². The highest BCUT2D eigenvalue weighted by Gasteiger charge is 2.37. The number of esters is 1. The van der Waals surface area contributed by atoms with Crippen LogP contribution in [0.25, 0.3) is 0 Å². The average molecular weight is 834 g/mol. The van der Waals surface area contributed by atoms with Gasteiger partial charge < -0.3 is 10.5 Å². The van der Waals surface area contributed by atoms with Crippen LogP contribution in [0.3, 0.4) is 0 Å². The number of carbonyl (C=O) groups is 1. The molecular weight excluding hydrogens is 731 g/mol. The predicted octanol–water partition coefficient (Wildman–Crippen LogP) is 18.7. The van der Waals surface area contributed by atoms with Crippen molar-refractivity contribution in [3.8, 4) is 0 Å². The van der Waals surface area contributed by atoms with Crippen molar-refractivity contribution < 1.29 is 9.53 Å². The summed E-state index contributed by atoms with van der Waals surface area (Å²) in [5.74, 6) is -0.0159. The van der Waals surface area contributed by atoms with Crippen LogP contribution < -0.4 is 5.73 Å². The molecule has 0 aliphatic heterocycles. The number of nitrogens with two attached hydrogens (primary N) is 1. The van der Waals surface area contributed by atoms with E-state index in [1.54, 1.807) is 0 Å². The Morgan fingerprint density at radius 1 is 0.367 bits per heavy atom. The Morgan fingerprint density at radius 2 is 0.633 bits per heavy atom. The lowest BCUT2D eigenvalue weighted by Crippen LogP contribution is -2.40. The van der Waals surface area contributed by atoms with Crippen molar-refractivity contribution in [1.82, 2.24) is 0 Å². The molecule has 60 heavy (non-hydrogen) atoms. The molecule has 1 unspecified atom stereocenters. The average Bonchev–Trinajstić information content (AvgIpc) is 3.26. The molecule has 0 radical (unpaired) electrons. The maximum atomic E-state index is 13.7. The molecule has 0 rings (SSSR count). The Balaban J connectivity index is 4.50. The SMILES string of the molecule is CCCCCC=CCC=CCCCCCCCCC(CN)(CCCCCCCC/C=C\C/C=C\CCCCC)C(=O)OCCCCCCCC/C=C\C/C=C\CCCCC. The number of carbonyl (C=O) groups excluding carboxylic acids is 1. The highest BCUT2D eigenvalue weighted by Crippen LogP contribution is 2.33. The van der Waals surface area contributed by atoms with Crippen molar-refractivity contribution in [3.63, 3.8) is 0 Å². The summed E-state index contributed by atoms with van der Waals surface area (Å²) in [6, 6.07) is 0. The van der Waals surface area contributed by atoms with E-state index in [1.807, 2.05) is 0 Å². The first-order valence-corrected chi connectivity index (χ1v) is 26.4. The fourth-order valence-electron chi connectivity index (χ4n) is 7.93. The van der Waals surface area contributed by atoms with Gasteiger partial charge in [-0.05, 0) is 116 Å². The van der Waals surface area contributed by atoms with Crippen LogP contribution in [0, 0.1) is 5.41 Å². The second-order valence-corrected chi connectivity index (χ2v) is 17.9. The summed E-state index contributed by atoms with van der Waals surface area (Å²) in [7, 11) is 0. The third kappa shape index (κ3) is 41.2. The Kier molecular flexibility index (Phi) is 47.8. The summed E-state index contributed by atoms with van der Waals surface area (Å²) in [4.78, 5) is 13.7. The van der Waals surface area contributed by atoms with E-state index in [-0.39, 0.29) is 5.97 Å². The van der Waals surface area contributed by atoms with Crippen LogP contribution in [0.4, 0.5) is 0 Å². The first-order chi connectivity index (χ1) is 29.7. The van der Waals surface area contributed by atoms with E-state index in [0.29, 0.717) is 13.2 Å². The van der Waals surface area contributed by atoms with Crippen molar-refractivity contribution in [2.75, 3.05) is 13.2 Å². The minimum atomic E-state index is -0.511. The van der Waals surface area contributed by atoms with E-state index in [9.17, 15) is 4.79 Å². The Morgan fingerprint density at radius 3 is 0.933 bits per heavy atom. The smallest absolute Gasteiger partial charge is 0.313 e. The molecule has 0 aliphatic rings.